The lowest BCUT2D eigenvalue weighted by Crippen LogP contribution is -2.49. The first-order chi connectivity index (χ1) is 10.3. The number of carbonyl (C=O) groups is 3. The molecule has 0 aliphatic carbocycles. The summed E-state index contributed by atoms with van der Waals surface area (Å²) in [6.45, 7) is 3.59. The lowest BCUT2D eigenvalue weighted by molar-refractivity contribution is -0.144. The maximum Gasteiger partial charge on any atom is 0.306 e. The van der Waals surface area contributed by atoms with Crippen LogP contribution in [0.2, 0.25) is 5.02 Å². The third-order valence-corrected chi connectivity index (χ3v) is 3.31. The lowest BCUT2D eigenvalue weighted by atomic mass is 9.97. The van der Waals surface area contributed by atoms with E-state index in [1.54, 1.807) is 26.0 Å². The molecule has 120 valence electrons. The van der Waals surface area contributed by atoms with Gasteiger partial charge in [0.2, 0.25) is 5.91 Å². The molecular formula is C15H19ClN2O4. The Balaban J connectivity index is 2.75. The van der Waals surface area contributed by atoms with E-state index in [0.29, 0.717) is 10.6 Å². The molecule has 0 unspecified atom stereocenters. The summed E-state index contributed by atoms with van der Waals surface area (Å²) in [7, 11) is 0. The van der Waals surface area contributed by atoms with Gasteiger partial charge in [-0.1, -0.05) is 18.5 Å². The number of ether oxygens (including phenoxy) is 1. The van der Waals surface area contributed by atoms with Crippen LogP contribution in [-0.4, -0.2) is 30.4 Å². The molecule has 7 heteroatoms. The SMILES string of the molecule is CCOC(=O)C[C@H](C)[C@@H](NC(=O)c1ccc(Cl)cc1)C(N)=O. The molecule has 0 saturated heterocycles. The summed E-state index contributed by atoms with van der Waals surface area (Å²) in [5, 5.41) is 3.03. The van der Waals surface area contributed by atoms with Crippen LogP contribution in [0.3, 0.4) is 0 Å². The molecular weight excluding hydrogens is 308 g/mol. The van der Waals surface area contributed by atoms with E-state index in [-0.39, 0.29) is 13.0 Å². The second-order valence-corrected chi connectivity index (χ2v) is 5.28. The van der Waals surface area contributed by atoms with Crippen molar-refractivity contribution in [1.82, 2.24) is 5.32 Å². The normalized spacial score (nSPS) is 13.0. The molecule has 6 nitrogen and oxygen atoms in total. The Bertz CT molecular complexity index is 545. The maximum atomic E-state index is 12.1. The van der Waals surface area contributed by atoms with Gasteiger partial charge >= 0.3 is 5.97 Å². The van der Waals surface area contributed by atoms with Crippen LogP contribution in [0.4, 0.5) is 0 Å². The monoisotopic (exact) mass is 326 g/mol. The van der Waals surface area contributed by atoms with E-state index in [2.05, 4.69) is 5.32 Å². The number of rotatable bonds is 7. The van der Waals surface area contributed by atoms with E-state index in [1.165, 1.54) is 12.1 Å². The van der Waals surface area contributed by atoms with Crippen LogP contribution in [0.15, 0.2) is 24.3 Å². The number of halogens is 1. The van der Waals surface area contributed by atoms with Gasteiger partial charge in [-0.05, 0) is 37.1 Å². The summed E-state index contributed by atoms with van der Waals surface area (Å²) in [6.07, 6.45) is -0.0116. The van der Waals surface area contributed by atoms with Crippen LogP contribution in [0.5, 0.6) is 0 Å². The summed E-state index contributed by atoms with van der Waals surface area (Å²) >= 11 is 5.75. The molecule has 0 saturated carbocycles. The summed E-state index contributed by atoms with van der Waals surface area (Å²) < 4.78 is 4.83. The van der Waals surface area contributed by atoms with Gasteiger partial charge in [-0.25, -0.2) is 0 Å². The Morgan fingerprint density at radius 3 is 2.36 bits per heavy atom. The van der Waals surface area contributed by atoms with Crippen LogP contribution in [0, 0.1) is 5.92 Å². The first kappa shape index (κ1) is 18.0. The van der Waals surface area contributed by atoms with Gasteiger partial charge in [-0.2, -0.15) is 0 Å². The number of primary amides is 1. The predicted octanol–water partition coefficient (Wildman–Crippen LogP) is 1.51. The van der Waals surface area contributed by atoms with Gasteiger partial charge in [0, 0.05) is 10.6 Å². The number of esters is 1. The smallest absolute Gasteiger partial charge is 0.306 e. The molecule has 0 aromatic heterocycles. The van der Waals surface area contributed by atoms with Crippen LogP contribution in [0.1, 0.15) is 30.6 Å². The highest BCUT2D eigenvalue weighted by atomic mass is 35.5. The highest BCUT2D eigenvalue weighted by Gasteiger charge is 2.27. The van der Waals surface area contributed by atoms with E-state index in [0.717, 1.165) is 0 Å². The molecule has 2 atom stereocenters. The zero-order chi connectivity index (χ0) is 16.7. The molecule has 0 bridgehead atoms. The molecule has 0 aliphatic rings. The van der Waals surface area contributed by atoms with Gasteiger partial charge in [0.25, 0.3) is 5.91 Å². The van der Waals surface area contributed by atoms with Crippen molar-refractivity contribution < 1.29 is 19.1 Å². The molecule has 0 radical (unpaired) electrons. The Kier molecular flexibility index (Phi) is 6.85. The number of nitrogens with one attached hydrogen (secondary N) is 1. The molecule has 2 amide bonds. The molecule has 0 aliphatic heterocycles. The Morgan fingerprint density at radius 2 is 1.86 bits per heavy atom. The standard InChI is InChI=1S/C15H19ClN2O4/c1-3-22-12(19)8-9(2)13(14(17)20)18-15(21)10-4-6-11(16)7-5-10/h4-7,9,13H,3,8H2,1-2H3,(H2,17,20)(H,18,21)/t9-,13+/m0/s1. The highest BCUT2D eigenvalue weighted by Crippen LogP contribution is 2.13. The number of amides is 2. The average molecular weight is 327 g/mol. The van der Waals surface area contributed by atoms with Crippen molar-refractivity contribution in [2.75, 3.05) is 6.61 Å². The van der Waals surface area contributed by atoms with E-state index < -0.39 is 29.7 Å². The van der Waals surface area contributed by atoms with Gasteiger partial charge in [0.1, 0.15) is 6.04 Å². The second kappa shape index (κ2) is 8.38. The quantitative estimate of drug-likeness (QED) is 0.742. The van der Waals surface area contributed by atoms with Crippen LogP contribution < -0.4 is 11.1 Å². The fraction of sp³-hybridized carbons (Fsp3) is 0.400. The van der Waals surface area contributed by atoms with E-state index in [4.69, 9.17) is 22.1 Å². The third kappa shape index (κ3) is 5.37. The number of hydrogen-bond acceptors (Lipinski definition) is 4. The minimum atomic E-state index is -0.965. The Morgan fingerprint density at radius 1 is 1.27 bits per heavy atom. The molecule has 0 spiro atoms. The van der Waals surface area contributed by atoms with Crippen molar-refractivity contribution in [2.45, 2.75) is 26.3 Å². The van der Waals surface area contributed by atoms with Crippen molar-refractivity contribution in [3.63, 3.8) is 0 Å². The van der Waals surface area contributed by atoms with Crippen molar-refractivity contribution in [3.05, 3.63) is 34.9 Å². The highest BCUT2D eigenvalue weighted by molar-refractivity contribution is 6.30. The summed E-state index contributed by atoms with van der Waals surface area (Å²) in [4.78, 5) is 35.1. The third-order valence-electron chi connectivity index (χ3n) is 3.06. The van der Waals surface area contributed by atoms with Gasteiger partial charge in [-0.15, -0.1) is 0 Å². The lowest BCUT2D eigenvalue weighted by Gasteiger charge is -2.21. The Labute approximate surface area is 134 Å². The first-order valence-corrected chi connectivity index (χ1v) is 7.24. The summed E-state index contributed by atoms with van der Waals surface area (Å²) in [5.74, 6) is -2.09. The van der Waals surface area contributed by atoms with Crippen molar-refractivity contribution in [2.24, 2.45) is 11.7 Å². The Hall–Kier alpha value is -2.08. The summed E-state index contributed by atoms with van der Waals surface area (Å²) in [5.41, 5.74) is 5.66. The summed E-state index contributed by atoms with van der Waals surface area (Å²) in [6, 6.07) is 5.24. The number of benzene rings is 1. The first-order valence-electron chi connectivity index (χ1n) is 6.86. The molecule has 3 N–H and O–H groups in total. The fourth-order valence-electron chi connectivity index (χ4n) is 1.92. The molecule has 1 rings (SSSR count). The van der Waals surface area contributed by atoms with Crippen molar-refractivity contribution in [1.29, 1.82) is 0 Å². The van der Waals surface area contributed by atoms with E-state index in [1.807, 2.05) is 0 Å². The maximum absolute atomic E-state index is 12.1. The zero-order valence-corrected chi connectivity index (χ0v) is 13.2. The van der Waals surface area contributed by atoms with Crippen LogP contribution in [-0.2, 0) is 14.3 Å². The molecule has 0 fully saturated rings. The van der Waals surface area contributed by atoms with E-state index in [9.17, 15) is 14.4 Å². The van der Waals surface area contributed by atoms with Crippen LogP contribution in [0.25, 0.3) is 0 Å². The average Bonchev–Trinajstić information content (AvgIpc) is 2.44. The zero-order valence-electron chi connectivity index (χ0n) is 12.5. The van der Waals surface area contributed by atoms with Gasteiger partial charge in [-0.3, -0.25) is 14.4 Å². The van der Waals surface area contributed by atoms with Gasteiger partial charge < -0.3 is 15.8 Å². The van der Waals surface area contributed by atoms with E-state index >= 15 is 0 Å². The fourth-order valence-corrected chi connectivity index (χ4v) is 2.05. The largest absolute Gasteiger partial charge is 0.466 e. The van der Waals surface area contributed by atoms with Crippen molar-refractivity contribution in [3.8, 4) is 0 Å². The number of hydrogen-bond donors (Lipinski definition) is 2. The van der Waals surface area contributed by atoms with Crippen LogP contribution >= 0.6 is 11.6 Å². The minimum absolute atomic E-state index is 0.0116. The molecule has 1 aromatic carbocycles. The van der Waals surface area contributed by atoms with Crippen molar-refractivity contribution >= 4 is 29.4 Å². The second-order valence-electron chi connectivity index (χ2n) is 4.85. The predicted molar refractivity (Wildman–Crippen MR) is 82.3 cm³/mol. The molecule has 0 heterocycles. The van der Waals surface area contributed by atoms with Gasteiger partial charge in [0.05, 0.1) is 13.0 Å². The number of nitrogens with two attached hydrogens (primary N) is 1. The minimum Gasteiger partial charge on any atom is -0.466 e. The van der Waals surface area contributed by atoms with Gasteiger partial charge in [0.15, 0.2) is 0 Å². The number of carbonyl (C=O) groups excluding carboxylic acids is 3. The molecule has 1 aromatic rings. The molecule has 22 heavy (non-hydrogen) atoms. The topological polar surface area (TPSA) is 98.5 Å².